The molecule has 1 aliphatic carbocycles. The molecule has 3 heterocycles. The molecule has 0 radical (unpaired) electrons. The zero-order chi connectivity index (χ0) is 26.3. The number of carbonyl (C=O) groups is 2. The average molecular weight is 529 g/mol. The fourth-order valence-corrected chi connectivity index (χ4v) is 5.90. The zero-order valence-corrected chi connectivity index (χ0v) is 20.9. The van der Waals surface area contributed by atoms with Gasteiger partial charge in [0.1, 0.15) is 10.6 Å². The van der Waals surface area contributed by atoms with E-state index in [4.69, 9.17) is 4.74 Å². The van der Waals surface area contributed by atoms with Crippen LogP contribution in [0.2, 0.25) is 0 Å². The Balaban J connectivity index is 1.59. The number of amides is 1. The molecule has 0 unspecified atom stereocenters. The molecule has 0 fully saturated rings. The first-order valence-electron chi connectivity index (χ1n) is 11.8. The van der Waals surface area contributed by atoms with Crippen LogP contribution < -0.4 is 5.32 Å². The van der Waals surface area contributed by atoms with E-state index in [1.807, 2.05) is 0 Å². The van der Waals surface area contributed by atoms with Crippen molar-refractivity contribution < 1.29 is 27.5 Å². The van der Waals surface area contributed by atoms with E-state index in [1.54, 1.807) is 37.3 Å². The first-order valence-corrected chi connectivity index (χ1v) is 12.6. The molecule has 5 rings (SSSR count). The van der Waals surface area contributed by atoms with Gasteiger partial charge in [-0.3, -0.25) is 4.79 Å². The number of nitrogens with one attached hydrogen (secondary N) is 1. The first kappa shape index (κ1) is 24.9. The number of carbonyl (C=O) groups excluding carboxylic acids is 2. The number of hydrogen-bond acceptors (Lipinski definition) is 6. The highest BCUT2D eigenvalue weighted by Gasteiger charge is 2.36. The van der Waals surface area contributed by atoms with Crippen LogP contribution in [-0.4, -0.2) is 33.1 Å². The molecule has 0 bridgehead atoms. The summed E-state index contributed by atoms with van der Waals surface area (Å²) in [5.41, 5.74) is 0.267. The number of fused-ring (bicyclic) bond motifs is 2. The number of rotatable bonds is 5. The van der Waals surface area contributed by atoms with Crippen molar-refractivity contribution in [1.29, 1.82) is 0 Å². The predicted octanol–water partition coefficient (Wildman–Crippen LogP) is 6.03. The highest BCUT2D eigenvalue weighted by molar-refractivity contribution is 7.17. The summed E-state index contributed by atoms with van der Waals surface area (Å²) in [4.78, 5) is 31.5. The number of nitrogens with zero attached hydrogens (tertiary/aromatic N) is 3. The van der Waals surface area contributed by atoms with E-state index in [-0.39, 0.29) is 23.5 Å². The van der Waals surface area contributed by atoms with Gasteiger partial charge in [0.25, 0.3) is 5.91 Å². The predicted molar refractivity (Wildman–Crippen MR) is 133 cm³/mol. The summed E-state index contributed by atoms with van der Waals surface area (Å²) in [6, 6.07) is 9.30. The molecule has 0 spiro atoms. The lowest BCUT2D eigenvalue weighted by Crippen LogP contribution is -2.17. The number of benzene rings is 1. The number of ether oxygens (including phenoxy) is 1. The molecular weight excluding hydrogens is 505 g/mol. The summed E-state index contributed by atoms with van der Waals surface area (Å²) >= 11 is 1.30. The fourth-order valence-electron chi connectivity index (χ4n) is 4.51. The summed E-state index contributed by atoms with van der Waals surface area (Å²) in [5.74, 6) is -0.808. The third kappa shape index (κ3) is 4.71. The Kier molecular flexibility index (Phi) is 6.49. The van der Waals surface area contributed by atoms with Gasteiger partial charge in [-0.15, -0.1) is 11.3 Å². The van der Waals surface area contributed by atoms with Crippen molar-refractivity contribution in [2.24, 2.45) is 5.92 Å². The summed E-state index contributed by atoms with van der Waals surface area (Å²) in [7, 11) is 0. The number of thiophene rings is 1. The van der Waals surface area contributed by atoms with Crippen molar-refractivity contribution in [3.63, 3.8) is 0 Å². The van der Waals surface area contributed by atoms with Gasteiger partial charge in [0.15, 0.2) is 11.3 Å². The Morgan fingerprint density at radius 1 is 1.24 bits per heavy atom. The standard InChI is InChI=1S/C26H23F3N4O3S/c1-3-36-25(35)21-16-10-9-14(2)11-19(16)37-24(21)32-23(34)17-13-30-33-20(26(27,28)29)12-18(31-22(17)33)15-7-5-4-6-8-15/h4-8,12-14H,3,9-11H2,1-2H3,(H,32,34)/t14-/m0/s1. The second-order valence-electron chi connectivity index (χ2n) is 8.91. The molecule has 3 aromatic heterocycles. The highest BCUT2D eigenvalue weighted by Crippen LogP contribution is 2.40. The number of aromatic nitrogens is 3. The van der Waals surface area contributed by atoms with E-state index in [0.29, 0.717) is 33.0 Å². The summed E-state index contributed by atoms with van der Waals surface area (Å²) in [6.45, 7) is 4.00. The van der Waals surface area contributed by atoms with Crippen LogP contribution >= 0.6 is 11.3 Å². The quantitative estimate of drug-likeness (QED) is 0.320. The average Bonchev–Trinajstić information content (AvgIpc) is 3.44. The zero-order valence-electron chi connectivity index (χ0n) is 20.1. The number of esters is 1. The van der Waals surface area contributed by atoms with Gasteiger partial charge in [0.2, 0.25) is 0 Å². The maximum absolute atomic E-state index is 13.9. The van der Waals surface area contributed by atoms with E-state index in [0.717, 1.165) is 35.5 Å². The van der Waals surface area contributed by atoms with Crippen molar-refractivity contribution >= 4 is 33.9 Å². The van der Waals surface area contributed by atoms with E-state index < -0.39 is 23.7 Å². The summed E-state index contributed by atoms with van der Waals surface area (Å²) in [5, 5.41) is 6.88. The van der Waals surface area contributed by atoms with Crippen LogP contribution in [0, 0.1) is 5.92 Å². The van der Waals surface area contributed by atoms with Gasteiger partial charge in [-0.1, -0.05) is 37.3 Å². The van der Waals surface area contributed by atoms with Gasteiger partial charge in [-0.2, -0.15) is 18.3 Å². The van der Waals surface area contributed by atoms with E-state index >= 15 is 0 Å². The van der Waals surface area contributed by atoms with Gasteiger partial charge in [0.05, 0.1) is 24.1 Å². The Bertz CT molecular complexity index is 1490. The van der Waals surface area contributed by atoms with Gasteiger partial charge in [-0.25, -0.2) is 14.3 Å². The Labute approximate surface area is 214 Å². The summed E-state index contributed by atoms with van der Waals surface area (Å²) < 4.78 is 47.6. The molecular formula is C26H23F3N4O3S. The molecule has 1 aromatic carbocycles. The van der Waals surface area contributed by atoms with Crippen LogP contribution in [-0.2, 0) is 23.8 Å². The third-order valence-electron chi connectivity index (χ3n) is 6.29. The largest absolute Gasteiger partial charge is 0.462 e. The normalized spacial score (nSPS) is 15.4. The monoisotopic (exact) mass is 528 g/mol. The van der Waals surface area contributed by atoms with Crippen molar-refractivity contribution in [2.75, 3.05) is 11.9 Å². The van der Waals surface area contributed by atoms with Crippen LogP contribution in [0.4, 0.5) is 18.2 Å². The highest BCUT2D eigenvalue weighted by atomic mass is 32.1. The molecule has 37 heavy (non-hydrogen) atoms. The van der Waals surface area contributed by atoms with Crippen molar-refractivity contribution in [2.45, 2.75) is 39.3 Å². The molecule has 0 aliphatic heterocycles. The Hall–Kier alpha value is -3.73. The summed E-state index contributed by atoms with van der Waals surface area (Å²) in [6.07, 6.45) is -1.31. The van der Waals surface area contributed by atoms with Crippen LogP contribution in [0.25, 0.3) is 16.9 Å². The molecule has 1 aliphatic rings. The molecule has 0 saturated carbocycles. The lowest BCUT2D eigenvalue weighted by Gasteiger charge is -2.18. The molecule has 11 heteroatoms. The maximum atomic E-state index is 13.9. The lowest BCUT2D eigenvalue weighted by atomic mass is 9.88. The first-order chi connectivity index (χ1) is 17.7. The molecule has 1 atom stereocenters. The molecule has 7 nitrogen and oxygen atoms in total. The maximum Gasteiger partial charge on any atom is 0.433 e. The van der Waals surface area contributed by atoms with E-state index in [1.165, 1.54) is 11.3 Å². The second-order valence-corrected chi connectivity index (χ2v) is 10.0. The molecule has 1 amide bonds. The molecule has 0 saturated heterocycles. The minimum absolute atomic E-state index is 0.0581. The number of hydrogen-bond donors (Lipinski definition) is 1. The van der Waals surface area contributed by atoms with Crippen molar-refractivity contribution in [3.8, 4) is 11.3 Å². The lowest BCUT2D eigenvalue weighted by molar-refractivity contribution is -0.142. The van der Waals surface area contributed by atoms with Crippen LogP contribution in [0.1, 0.15) is 57.1 Å². The number of anilines is 1. The topological polar surface area (TPSA) is 85.6 Å². The van der Waals surface area contributed by atoms with Gasteiger partial charge in [-0.05, 0) is 43.7 Å². The number of halogens is 3. The van der Waals surface area contributed by atoms with Crippen LogP contribution in [0.5, 0.6) is 0 Å². The van der Waals surface area contributed by atoms with Gasteiger partial charge >= 0.3 is 12.1 Å². The van der Waals surface area contributed by atoms with Gasteiger partial charge in [0, 0.05) is 10.4 Å². The van der Waals surface area contributed by atoms with Crippen LogP contribution in [0.15, 0.2) is 42.6 Å². The smallest absolute Gasteiger partial charge is 0.433 e. The van der Waals surface area contributed by atoms with Crippen molar-refractivity contribution in [3.05, 3.63) is 69.9 Å². The van der Waals surface area contributed by atoms with Gasteiger partial charge < -0.3 is 10.1 Å². The Morgan fingerprint density at radius 3 is 2.70 bits per heavy atom. The van der Waals surface area contributed by atoms with Crippen molar-refractivity contribution in [1.82, 2.24) is 14.6 Å². The molecule has 1 N–H and O–H groups in total. The van der Waals surface area contributed by atoms with E-state index in [9.17, 15) is 22.8 Å². The molecule has 4 aromatic rings. The van der Waals surface area contributed by atoms with E-state index in [2.05, 4.69) is 22.3 Å². The number of alkyl halides is 3. The minimum Gasteiger partial charge on any atom is -0.462 e. The third-order valence-corrected chi connectivity index (χ3v) is 7.46. The Morgan fingerprint density at radius 2 is 2.00 bits per heavy atom. The van der Waals surface area contributed by atoms with Crippen LogP contribution in [0.3, 0.4) is 0 Å². The molecule has 192 valence electrons. The fraction of sp³-hybridized carbons (Fsp3) is 0.308. The SMILES string of the molecule is CCOC(=O)c1c(NC(=O)c2cnn3c(C(F)(F)F)cc(-c4ccccc4)nc23)sc2c1CC[C@H](C)C2. The minimum atomic E-state index is -4.73. The second kappa shape index (κ2) is 9.62.